The van der Waals surface area contributed by atoms with Crippen molar-refractivity contribution < 1.29 is 0 Å². The molecule has 2 heterocycles. The third-order valence-corrected chi connectivity index (χ3v) is 1.92. The first kappa shape index (κ1) is 9.79. The number of nitrogens with zero attached hydrogens (tertiary/aromatic N) is 4. The molecule has 0 saturated heterocycles. The number of nitrogens with one attached hydrogen (secondary N) is 1. The number of hydrogen-bond acceptors (Lipinski definition) is 5. The predicted octanol–water partition coefficient (Wildman–Crippen LogP) is 1.53. The summed E-state index contributed by atoms with van der Waals surface area (Å²) in [7, 11) is 0. The van der Waals surface area contributed by atoms with E-state index in [9.17, 15) is 0 Å². The van der Waals surface area contributed by atoms with Gasteiger partial charge in [0.2, 0.25) is 0 Å². The van der Waals surface area contributed by atoms with Gasteiger partial charge in [-0.05, 0) is 12.1 Å². The van der Waals surface area contributed by atoms with Crippen LogP contribution in [0, 0.1) is 0 Å². The Morgan fingerprint density at radius 2 is 2.27 bits per heavy atom. The second kappa shape index (κ2) is 4.65. The summed E-state index contributed by atoms with van der Waals surface area (Å²) in [6, 6.07) is 5.36. The fourth-order valence-corrected chi connectivity index (χ4v) is 1.19. The van der Waals surface area contributed by atoms with Crippen LogP contribution in [0.4, 0.5) is 5.82 Å². The zero-order chi connectivity index (χ0) is 10.5. The van der Waals surface area contributed by atoms with Crippen LogP contribution in [0.3, 0.4) is 0 Å². The highest BCUT2D eigenvalue weighted by Gasteiger charge is 1.97. The van der Waals surface area contributed by atoms with Gasteiger partial charge in [-0.1, -0.05) is 11.6 Å². The molecular formula is C9H8ClN5. The smallest absolute Gasteiger partial charge is 0.134 e. The average Bonchev–Trinajstić information content (AvgIpc) is 2.28. The summed E-state index contributed by atoms with van der Waals surface area (Å²) in [5.41, 5.74) is 0.840. The van der Waals surface area contributed by atoms with E-state index in [1.807, 2.05) is 12.1 Å². The van der Waals surface area contributed by atoms with Crippen LogP contribution in [-0.2, 0) is 6.54 Å². The van der Waals surface area contributed by atoms with Gasteiger partial charge >= 0.3 is 0 Å². The Labute approximate surface area is 91.6 Å². The Hall–Kier alpha value is -1.75. The maximum Gasteiger partial charge on any atom is 0.134 e. The van der Waals surface area contributed by atoms with Gasteiger partial charge < -0.3 is 5.32 Å². The molecule has 0 atom stereocenters. The van der Waals surface area contributed by atoms with Gasteiger partial charge in [0, 0.05) is 12.3 Å². The molecule has 15 heavy (non-hydrogen) atoms. The Morgan fingerprint density at radius 3 is 3.00 bits per heavy atom. The van der Waals surface area contributed by atoms with Crippen LogP contribution in [0.25, 0.3) is 0 Å². The third-order valence-electron chi connectivity index (χ3n) is 1.71. The van der Waals surface area contributed by atoms with Crippen LogP contribution in [0.15, 0.2) is 30.7 Å². The van der Waals surface area contributed by atoms with Gasteiger partial charge in [-0.15, -0.1) is 0 Å². The van der Waals surface area contributed by atoms with E-state index in [4.69, 9.17) is 11.6 Å². The highest BCUT2D eigenvalue weighted by Crippen LogP contribution is 2.09. The van der Waals surface area contributed by atoms with Gasteiger partial charge in [-0.3, -0.25) is 0 Å². The van der Waals surface area contributed by atoms with Crippen molar-refractivity contribution in [2.75, 3.05) is 5.32 Å². The van der Waals surface area contributed by atoms with E-state index in [2.05, 4.69) is 25.5 Å². The first-order valence-corrected chi connectivity index (χ1v) is 4.70. The number of rotatable bonds is 3. The Morgan fingerprint density at radius 1 is 1.33 bits per heavy atom. The summed E-state index contributed by atoms with van der Waals surface area (Å²) in [6.45, 7) is 0.557. The molecule has 0 aliphatic rings. The molecular weight excluding hydrogens is 214 g/mol. The molecule has 0 radical (unpaired) electrons. The lowest BCUT2D eigenvalue weighted by molar-refractivity contribution is 0.919. The maximum absolute atomic E-state index is 5.71. The summed E-state index contributed by atoms with van der Waals surface area (Å²) in [5, 5.41) is 11.2. The molecule has 6 heteroatoms. The average molecular weight is 222 g/mol. The van der Waals surface area contributed by atoms with Gasteiger partial charge in [0.25, 0.3) is 0 Å². The van der Waals surface area contributed by atoms with Crippen molar-refractivity contribution in [3.8, 4) is 0 Å². The van der Waals surface area contributed by atoms with Gasteiger partial charge in [0.05, 0.1) is 12.2 Å². The molecule has 0 aliphatic carbocycles. The van der Waals surface area contributed by atoms with E-state index in [1.165, 1.54) is 6.33 Å². The van der Waals surface area contributed by atoms with Gasteiger partial charge in [0.1, 0.15) is 17.3 Å². The number of halogens is 1. The minimum absolute atomic E-state index is 0.409. The highest BCUT2D eigenvalue weighted by molar-refractivity contribution is 6.29. The lowest BCUT2D eigenvalue weighted by Gasteiger charge is -2.03. The molecule has 0 aromatic carbocycles. The minimum Gasteiger partial charge on any atom is -0.364 e. The van der Waals surface area contributed by atoms with E-state index in [0.717, 1.165) is 5.69 Å². The molecule has 2 aromatic heterocycles. The van der Waals surface area contributed by atoms with Crippen LogP contribution in [0.5, 0.6) is 0 Å². The molecule has 5 nitrogen and oxygen atoms in total. The summed E-state index contributed by atoms with van der Waals surface area (Å²) in [5.74, 6) is 0.667. The second-order valence-electron chi connectivity index (χ2n) is 2.79. The van der Waals surface area contributed by atoms with Gasteiger partial charge in [-0.2, -0.15) is 10.2 Å². The van der Waals surface area contributed by atoms with Crippen molar-refractivity contribution in [1.29, 1.82) is 0 Å². The predicted molar refractivity (Wildman–Crippen MR) is 56.4 cm³/mol. The lowest BCUT2D eigenvalue weighted by Crippen LogP contribution is -2.03. The first-order valence-electron chi connectivity index (χ1n) is 4.32. The van der Waals surface area contributed by atoms with Crippen LogP contribution in [0.2, 0.25) is 5.15 Å². The molecule has 2 aromatic rings. The minimum atomic E-state index is 0.409. The van der Waals surface area contributed by atoms with E-state index in [1.54, 1.807) is 12.3 Å². The molecule has 0 saturated carbocycles. The molecule has 0 unspecified atom stereocenters. The van der Waals surface area contributed by atoms with Crippen molar-refractivity contribution in [2.24, 2.45) is 0 Å². The fraction of sp³-hybridized carbons (Fsp3) is 0.111. The quantitative estimate of drug-likeness (QED) is 0.797. The van der Waals surface area contributed by atoms with Crippen LogP contribution in [-0.4, -0.2) is 20.2 Å². The van der Waals surface area contributed by atoms with Crippen molar-refractivity contribution in [1.82, 2.24) is 20.2 Å². The molecule has 0 spiro atoms. The Balaban J connectivity index is 1.99. The van der Waals surface area contributed by atoms with Gasteiger partial charge in [0.15, 0.2) is 0 Å². The van der Waals surface area contributed by atoms with Crippen molar-refractivity contribution in [2.45, 2.75) is 6.54 Å². The molecule has 0 bridgehead atoms. The Bertz CT molecular complexity index is 434. The summed E-state index contributed by atoms with van der Waals surface area (Å²) in [6.07, 6.45) is 3.03. The zero-order valence-electron chi connectivity index (χ0n) is 7.76. The van der Waals surface area contributed by atoms with Crippen molar-refractivity contribution in [3.05, 3.63) is 41.6 Å². The van der Waals surface area contributed by atoms with Crippen molar-refractivity contribution in [3.63, 3.8) is 0 Å². The molecule has 76 valence electrons. The molecule has 0 amide bonds. The topological polar surface area (TPSA) is 63.6 Å². The van der Waals surface area contributed by atoms with Crippen LogP contribution in [0.1, 0.15) is 5.69 Å². The van der Waals surface area contributed by atoms with E-state index < -0.39 is 0 Å². The SMILES string of the molecule is Clc1cc(NCc2cccnn2)ncn1. The molecule has 0 aliphatic heterocycles. The number of anilines is 1. The first-order chi connectivity index (χ1) is 7.34. The lowest BCUT2D eigenvalue weighted by atomic mass is 10.4. The summed E-state index contributed by atoms with van der Waals surface area (Å²) < 4.78 is 0. The monoisotopic (exact) mass is 221 g/mol. The third kappa shape index (κ3) is 2.85. The Kier molecular flexibility index (Phi) is 3.04. The number of hydrogen-bond donors (Lipinski definition) is 1. The molecule has 0 fully saturated rings. The maximum atomic E-state index is 5.71. The number of aromatic nitrogens is 4. The largest absolute Gasteiger partial charge is 0.364 e. The fourth-order valence-electron chi connectivity index (χ4n) is 1.04. The second-order valence-corrected chi connectivity index (χ2v) is 3.18. The molecule has 1 N–H and O–H groups in total. The standard InChI is InChI=1S/C9H8ClN5/c10-8-4-9(13-6-12-8)11-5-7-2-1-3-14-15-7/h1-4,6H,5H2,(H,11,12,13). The van der Waals surface area contributed by atoms with Crippen molar-refractivity contribution >= 4 is 17.4 Å². The van der Waals surface area contributed by atoms with E-state index in [-0.39, 0.29) is 0 Å². The van der Waals surface area contributed by atoms with Crippen LogP contribution < -0.4 is 5.32 Å². The zero-order valence-corrected chi connectivity index (χ0v) is 8.52. The highest BCUT2D eigenvalue weighted by atomic mass is 35.5. The van der Waals surface area contributed by atoms with Gasteiger partial charge in [-0.25, -0.2) is 9.97 Å². The summed E-state index contributed by atoms with van der Waals surface area (Å²) in [4.78, 5) is 7.78. The van der Waals surface area contributed by atoms with Crippen LogP contribution >= 0.6 is 11.6 Å². The molecule has 2 rings (SSSR count). The van der Waals surface area contributed by atoms with E-state index >= 15 is 0 Å². The van der Waals surface area contributed by atoms with E-state index in [0.29, 0.717) is 17.5 Å². The normalized spacial score (nSPS) is 9.93. The summed E-state index contributed by atoms with van der Waals surface area (Å²) >= 11 is 5.71.